The molecule has 3 aromatic carbocycles. The highest BCUT2D eigenvalue weighted by atomic mass is 35.5. The first-order valence-electron chi connectivity index (χ1n) is 15.7. The quantitative estimate of drug-likeness (QED) is 0.125. The Morgan fingerprint density at radius 1 is 1.02 bits per heavy atom. The van der Waals surface area contributed by atoms with Crippen molar-refractivity contribution in [2.75, 3.05) is 6.54 Å². The Hall–Kier alpha value is -5.00. The average Bonchev–Trinajstić information content (AvgIpc) is 3.47. The number of amides is 3. The monoisotopic (exact) mass is 670 g/mol. The van der Waals surface area contributed by atoms with Gasteiger partial charge in [-0.1, -0.05) is 97.3 Å². The molecule has 12 heteroatoms. The smallest absolute Gasteiger partial charge is 0.330 e. The predicted octanol–water partition coefficient (Wildman–Crippen LogP) is 4.76. The fraction of sp³-hybridized carbons (Fsp3) is 0.306. The molecule has 11 nitrogen and oxygen atoms in total. The summed E-state index contributed by atoms with van der Waals surface area (Å²) in [5.41, 5.74) is 2.82. The van der Waals surface area contributed by atoms with Gasteiger partial charge in [-0.05, 0) is 35.6 Å². The molecule has 0 unspecified atom stereocenters. The van der Waals surface area contributed by atoms with Crippen LogP contribution in [0.15, 0.2) is 90.6 Å². The summed E-state index contributed by atoms with van der Waals surface area (Å²) in [5, 5.41) is 28.7. The molecule has 48 heavy (non-hydrogen) atoms. The van der Waals surface area contributed by atoms with Crippen molar-refractivity contribution in [2.24, 2.45) is 17.0 Å². The van der Waals surface area contributed by atoms with Gasteiger partial charge in [0, 0.05) is 23.5 Å². The standard InChI is InChI=1S/C36H35ClN4O7/c1-4-21-18-36(21,35(45)46)38-32(42)29-17-22(48-39-30-25-13-7-5-11-23(25)24-12-6-8-14-26(24)30)19-40(29)34(44)31(20(2)3)41(47)33(43)27-15-9-10-16-28(27)37/h4-16,20-22,29,31,47H,1,17-19H2,2-3H3,(H,38,42)(H,45,46)/t21-,22-,29+,31-,36+/m1/s1. The molecule has 1 saturated carbocycles. The molecule has 1 aliphatic heterocycles. The Morgan fingerprint density at radius 3 is 2.15 bits per heavy atom. The molecular formula is C36H35ClN4O7. The summed E-state index contributed by atoms with van der Waals surface area (Å²) >= 11 is 6.22. The summed E-state index contributed by atoms with van der Waals surface area (Å²) in [6.45, 7) is 6.88. The highest BCUT2D eigenvalue weighted by molar-refractivity contribution is 6.33. The van der Waals surface area contributed by atoms with E-state index in [4.69, 9.17) is 16.4 Å². The minimum absolute atomic E-state index is 0.00223. The van der Waals surface area contributed by atoms with E-state index in [2.05, 4.69) is 17.1 Å². The lowest BCUT2D eigenvalue weighted by Gasteiger charge is -2.34. The van der Waals surface area contributed by atoms with Gasteiger partial charge in [0.1, 0.15) is 29.4 Å². The number of benzene rings is 3. The molecular weight excluding hydrogens is 636 g/mol. The van der Waals surface area contributed by atoms with Gasteiger partial charge in [0.25, 0.3) is 5.91 Å². The van der Waals surface area contributed by atoms with E-state index in [9.17, 15) is 29.5 Å². The maximum atomic E-state index is 14.3. The number of hydrogen-bond acceptors (Lipinski definition) is 7. The zero-order valence-electron chi connectivity index (χ0n) is 26.4. The Kier molecular flexibility index (Phi) is 8.84. The number of carboxylic acid groups (broad SMARTS) is 1. The van der Waals surface area contributed by atoms with Gasteiger partial charge in [0.05, 0.1) is 17.1 Å². The SMILES string of the molecule is C=C[C@@H]1C[C@@]1(NC(=O)[C@@H]1C[C@@H](ON=C2c3ccccc3-c3ccccc32)CN1C(=O)[C@@H](C(C)C)N(O)C(=O)c1ccccc1Cl)C(=O)O. The van der Waals surface area contributed by atoms with Crippen LogP contribution in [0.5, 0.6) is 0 Å². The summed E-state index contributed by atoms with van der Waals surface area (Å²) in [6.07, 6.45) is 0.854. The van der Waals surface area contributed by atoms with Crippen molar-refractivity contribution in [1.29, 1.82) is 0 Å². The highest BCUT2D eigenvalue weighted by Crippen LogP contribution is 2.45. The molecule has 0 bridgehead atoms. The van der Waals surface area contributed by atoms with Gasteiger partial charge in [-0.3, -0.25) is 19.6 Å². The molecule has 1 heterocycles. The van der Waals surface area contributed by atoms with Crippen LogP contribution in [0.4, 0.5) is 0 Å². The van der Waals surface area contributed by atoms with Crippen LogP contribution in [-0.4, -0.2) is 80.0 Å². The molecule has 3 N–H and O–H groups in total. The highest BCUT2D eigenvalue weighted by Gasteiger charge is 2.61. The van der Waals surface area contributed by atoms with Gasteiger partial charge in [-0.2, -0.15) is 0 Å². The van der Waals surface area contributed by atoms with Gasteiger partial charge in [0.15, 0.2) is 0 Å². The van der Waals surface area contributed by atoms with E-state index in [1.165, 1.54) is 23.1 Å². The molecule has 0 aromatic heterocycles. The molecule has 0 radical (unpaired) electrons. The fourth-order valence-corrected chi connectivity index (χ4v) is 6.85. The molecule has 248 valence electrons. The van der Waals surface area contributed by atoms with Crippen LogP contribution in [0, 0.1) is 11.8 Å². The van der Waals surface area contributed by atoms with Crippen LogP contribution in [0.2, 0.25) is 5.02 Å². The van der Waals surface area contributed by atoms with Gasteiger partial charge >= 0.3 is 5.97 Å². The Morgan fingerprint density at radius 2 is 1.60 bits per heavy atom. The lowest BCUT2D eigenvalue weighted by atomic mass is 10.0. The maximum absolute atomic E-state index is 14.3. The summed E-state index contributed by atoms with van der Waals surface area (Å²) in [7, 11) is 0. The second kappa shape index (κ2) is 12.9. The number of nitrogens with one attached hydrogen (secondary N) is 1. The van der Waals surface area contributed by atoms with Gasteiger partial charge in [-0.15, -0.1) is 6.58 Å². The first-order valence-corrected chi connectivity index (χ1v) is 16.0. The van der Waals surface area contributed by atoms with Crippen molar-refractivity contribution in [2.45, 2.75) is 50.4 Å². The Labute approximate surface area is 282 Å². The normalized spacial score (nSPS) is 22.7. The number of rotatable bonds is 10. The number of hydroxylamine groups is 2. The Bertz CT molecular complexity index is 1800. The van der Waals surface area contributed by atoms with Crippen molar-refractivity contribution < 1.29 is 34.3 Å². The second-order valence-corrected chi connectivity index (χ2v) is 13.0. The third-order valence-corrected chi connectivity index (χ3v) is 9.61. The zero-order chi connectivity index (χ0) is 34.3. The van der Waals surface area contributed by atoms with Crippen molar-refractivity contribution >= 4 is 41.0 Å². The third kappa shape index (κ3) is 5.73. The zero-order valence-corrected chi connectivity index (χ0v) is 27.1. The number of halogens is 1. The van der Waals surface area contributed by atoms with Crippen LogP contribution in [-0.2, 0) is 19.2 Å². The van der Waals surface area contributed by atoms with Crippen LogP contribution in [0.3, 0.4) is 0 Å². The first-order chi connectivity index (χ1) is 23.0. The fourth-order valence-electron chi connectivity index (χ4n) is 6.63. The number of carboxylic acids is 1. The van der Waals surface area contributed by atoms with Crippen LogP contribution < -0.4 is 5.32 Å². The molecule has 0 spiro atoms. The van der Waals surface area contributed by atoms with Crippen LogP contribution >= 0.6 is 11.6 Å². The number of hydrogen-bond donors (Lipinski definition) is 3. The van der Waals surface area contributed by atoms with Gasteiger partial charge in [-0.25, -0.2) is 9.86 Å². The van der Waals surface area contributed by atoms with Crippen LogP contribution in [0.25, 0.3) is 11.1 Å². The number of aliphatic carboxylic acids is 1. The van der Waals surface area contributed by atoms with E-state index in [1.54, 1.807) is 26.0 Å². The average molecular weight is 671 g/mol. The number of oxime groups is 1. The van der Waals surface area contributed by atoms with Crippen molar-refractivity contribution in [3.8, 4) is 11.1 Å². The summed E-state index contributed by atoms with van der Waals surface area (Å²) in [5.74, 6) is -4.58. The van der Waals surface area contributed by atoms with E-state index >= 15 is 0 Å². The number of nitrogens with zero attached hydrogens (tertiary/aromatic N) is 3. The van der Waals surface area contributed by atoms with Gasteiger partial charge in [0.2, 0.25) is 11.8 Å². The number of carbonyl (C=O) groups excluding carboxylic acids is 3. The molecule has 3 aromatic rings. The summed E-state index contributed by atoms with van der Waals surface area (Å²) < 4.78 is 0. The van der Waals surface area contributed by atoms with Crippen molar-refractivity contribution in [3.05, 3.63) is 107 Å². The van der Waals surface area contributed by atoms with Crippen molar-refractivity contribution in [1.82, 2.24) is 15.3 Å². The molecule has 6 rings (SSSR count). The molecule has 1 saturated heterocycles. The molecule has 2 aliphatic carbocycles. The molecule has 3 aliphatic rings. The number of fused-ring (bicyclic) bond motifs is 3. The lowest BCUT2D eigenvalue weighted by molar-refractivity contribution is -0.159. The van der Waals surface area contributed by atoms with Crippen LogP contribution in [0.1, 0.15) is 48.2 Å². The first kappa shape index (κ1) is 32.9. The van der Waals surface area contributed by atoms with Gasteiger partial charge < -0.3 is 20.2 Å². The minimum Gasteiger partial charge on any atom is -0.479 e. The molecule has 3 amide bonds. The minimum atomic E-state index is -1.54. The lowest BCUT2D eigenvalue weighted by Crippen LogP contribution is -2.57. The Balaban J connectivity index is 1.30. The van der Waals surface area contributed by atoms with E-state index < -0.39 is 59.3 Å². The topological polar surface area (TPSA) is 149 Å². The largest absolute Gasteiger partial charge is 0.479 e. The van der Waals surface area contributed by atoms with E-state index in [0.717, 1.165) is 22.3 Å². The van der Waals surface area contributed by atoms with Crippen molar-refractivity contribution in [3.63, 3.8) is 0 Å². The second-order valence-electron chi connectivity index (χ2n) is 12.6. The number of likely N-dealkylation sites (tertiary alicyclic amines) is 1. The van der Waals surface area contributed by atoms with E-state index in [-0.39, 0.29) is 30.0 Å². The summed E-state index contributed by atoms with van der Waals surface area (Å²) in [6, 6.07) is 19.1. The van der Waals surface area contributed by atoms with E-state index in [0.29, 0.717) is 10.8 Å². The van der Waals surface area contributed by atoms with E-state index in [1.807, 2.05) is 48.5 Å². The maximum Gasteiger partial charge on any atom is 0.330 e. The summed E-state index contributed by atoms with van der Waals surface area (Å²) in [4.78, 5) is 60.9. The predicted molar refractivity (Wildman–Crippen MR) is 177 cm³/mol. The molecule has 2 fully saturated rings. The molecule has 5 atom stereocenters. The third-order valence-electron chi connectivity index (χ3n) is 9.28. The number of carbonyl (C=O) groups is 4.